The standard InChI is InChI=1S/C15H16N6O3S2/c1-9-18-21-15(25-9)17-13(23)14-20-19-12(26-14)6-2-5-11(22)16-8-10-4-3-7-24-10/h3-4,7H,2,5-6,8H2,1H3,(H,16,22)(H,17,21,23). The van der Waals surface area contributed by atoms with E-state index in [0.717, 1.165) is 5.01 Å². The minimum absolute atomic E-state index is 0.0597. The first-order valence-corrected chi connectivity index (χ1v) is 9.46. The predicted octanol–water partition coefficient (Wildman–Crippen LogP) is 2.18. The number of hydrogen-bond donors (Lipinski definition) is 2. The quantitative estimate of drug-likeness (QED) is 0.602. The fraction of sp³-hybridized carbons (Fsp3) is 0.333. The van der Waals surface area contributed by atoms with Crippen molar-refractivity contribution < 1.29 is 14.0 Å². The maximum Gasteiger partial charge on any atom is 0.288 e. The van der Waals surface area contributed by atoms with Crippen LogP contribution >= 0.6 is 22.7 Å². The maximum atomic E-state index is 12.1. The predicted molar refractivity (Wildman–Crippen MR) is 96.0 cm³/mol. The molecule has 9 nitrogen and oxygen atoms in total. The number of anilines is 1. The summed E-state index contributed by atoms with van der Waals surface area (Å²) in [7, 11) is 0. The van der Waals surface area contributed by atoms with Gasteiger partial charge in [-0.05, 0) is 25.5 Å². The van der Waals surface area contributed by atoms with Gasteiger partial charge >= 0.3 is 0 Å². The van der Waals surface area contributed by atoms with Gasteiger partial charge in [-0.2, -0.15) is 0 Å². The Bertz CT molecular complexity index is 874. The van der Waals surface area contributed by atoms with E-state index in [2.05, 4.69) is 31.0 Å². The molecule has 0 bridgehead atoms. The molecular weight excluding hydrogens is 376 g/mol. The zero-order chi connectivity index (χ0) is 18.4. The fourth-order valence-corrected chi connectivity index (χ4v) is 3.39. The van der Waals surface area contributed by atoms with E-state index >= 15 is 0 Å². The topological polar surface area (TPSA) is 123 Å². The van der Waals surface area contributed by atoms with Gasteiger partial charge in [0.1, 0.15) is 15.8 Å². The molecule has 0 aliphatic carbocycles. The van der Waals surface area contributed by atoms with Crippen molar-refractivity contribution in [3.8, 4) is 0 Å². The molecule has 26 heavy (non-hydrogen) atoms. The highest BCUT2D eigenvalue weighted by atomic mass is 32.1. The highest BCUT2D eigenvalue weighted by Gasteiger charge is 2.15. The highest BCUT2D eigenvalue weighted by molar-refractivity contribution is 7.15. The molecule has 0 aliphatic rings. The lowest BCUT2D eigenvalue weighted by molar-refractivity contribution is -0.121. The molecular formula is C15H16N6O3S2. The van der Waals surface area contributed by atoms with Gasteiger partial charge in [-0.3, -0.25) is 14.9 Å². The molecule has 2 N–H and O–H groups in total. The van der Waals surface area contributed by atoms with Crippen LogP contribution in [-0.4, -0.2) is 32.2 Å². The van der Waals surface area contributed by atoms with Gasteiger partial charge in [0.2, 0.25) is 16.0 Å². The number of nitrogens with one attached hydrogen (secondary N) is 2. The molecule has 0 radical (unpaired) electrons. The smallest absolute Gasteiger partial charge is 0.288 e. The Morgan fingerprint density at radius 1 is 1.19 bits per heavy atom. The van der Waals surface area contributed by atoms with Crippen molar-refractivity contribution in [2.45, 2.75) is 32.7 Å². The lowest BCUT2D eigenvalue weighted by atomic mass is 10.2. The van der Waals surface area contributed by atoms with E-state index in [-0.39, 0.29) is 16.8 Å². The Kier molecular flexibility index (Phi) is 6.02. The Morgan fingerprint density at radius 2 is 2.08 bits per heavy atom. The summed E-state index contributed by atoms with van der Waals surface area (Å²) in [5, 5.41) is 23.1. The monoisotopic (exact) mass is 392 g/mol. The van der Waals surface area contributed by atoms with E-state index in [9.17, 15) is 9.59 Å². The summed E-state index contributed by atoms with van der Waals surface area (Å²) >= 11 is 2.49. The molecule has 0 saturated carbocycles. The molecule has 0 saturated heterocycles. The molecule has 136 valence electrons. The zero-order valence-corrected chi connectivity index (χ0v) is 15.5. The average Bonchev–Trinajstić information content (AvgIpc) is 3.35. The van der Waals surface area contributed by atoms with Crippen molar-refractivity contribution in [3.05, 3.63) is 39.2 Å². The van der Waals surface area contributed by atoms with E-state index in [0.29, 0.717) is 41.7 Å². The first kappa shape index (κ1) is 18.1. The van der Waals surface area contributed by atoms with Crippen LogP contribution in [-0.2, 0) is 17.8 Å². The van der Waals surface area contributed by atoms with Crippen LogP contribution in [0, 0.1) is 6.92 Å². The number of rotatable bonds is 8. The third-order valence-corrected chi connectivity index (χ3v) is 4.98. The molecule has 3 aromatic heterocycles. The molecule has 0 fully saturated rings. The van der Waals surface area contributed by atoms with E-state index < -0.39 is 0 Å². The normalized spacial score (nSPS) is 10.7. The average molecular weight is 392 g/mol. The number of carbonyl (C=O) groups is 2. The summed E-state index contributed by atoms with van der Waals surface area (Å²) in [5.74, 6) is 0.292. The van der Waals surface area contributed by atoms with Crippen molar-refractivity contribution in [2.24, 2.45) is 0 Å². The lowest BCUT2D eigenvalue weighted by Gasteiger charge is -2.02. The van der Waals surface area contributed by atoms with Crippen LogP contribution in [0.5, 0.6) is 0 Å². The summed E-state index contributed by atoms with van der Waals surface area (Å²) < 4.78 is 5.15. The second kappa shape index (κ2) is 8.63. The molecule has 3 heterocycles. The Balaban J connectivity index is 1.40. The van der Waals surface area contributed by atoms with Crippen molar-refractivity contribution in [1.29, 1.82) is 0 Å². The number of furan rings is 1. The molecule has 0 unspecified atom stereocenters. The summed E-state index contributed by atoms with van der Waals surface area (Å²) in [6.07, 6.45) is 3.13. The number of aryl methyl sites for hydroxylation is 2. The van der Waals surface area contributed by atoms with E-state index in [1.807, 2.05) is 0 Å². The zero-order valence-electron chi connectivity index (χ0n) is 13.9. The van der Waals surface area contributed by atoms with Crippen LogP contribution in [0.1, 0.15) is 38.4 Å². The van der Waals surface area contributed by atoms with Crippen LogP contribution in [0.25, 0.3) is 0 Å². The second-order valence-electron chi connectivity index (χ2n) is 5.29. The van der Waals surface area contributed by atoms with Gasteiger partial charge in [-0.1, -0.05) is 22.7 Å². The molecule has 0 aliphatic heterocycles. The summed E-state index contributed by atoms with van der Waals surface area (Å²) in [6.45, 7) is 2.18. The van der Waals surface area contributed by atoms with Crippen molar-refractivity contribution >= 4 is 39.6 Å². The second-order valence-corrected chi connectivity index (χ2v) is 7.53. The van der Waals surface area contributed by atoms with Crippen molar-refractivity contribution in [2.75, 3.05) is 5.32 Å². The molecule has 2 amide bonds. The van der Waals surface area contributed by atoms with Crippen LogP contribution in [0.3, 0.4) is 0 Å². The minimum atomic E-state index is -0.360. The number of aromatic nitrogens is 4. The van der Waals surface area contributed by atoms with Gasteiger partial charge in [0, 0.05) is 12.8 Å². The van der Waals surface area contributed by atoms with Crippen LogP contribution in [0.15, 0.2) is 22.8 Å². The molecule has 0 atom stereocenters. The summed E-state index contributed by atoms with van der Waals surface area (Å²) in [5.41, 5.74) is 0. The summed E-state index contributed by atoms with van der Waals surface area (Å²) in [6, 6.07) is 3.58. The number of nitrogens with zero attached hydrogens (tertiary/aromatic N) is 4. The highest BCUT2D eigenvalue weighted by Crippen LogP contribution is 2.17. The van der Waals surface area contributed by atoms with Gasteiger partial charge in [0.25, 0.3) is 5.91 Å². The Hall–Kier alpha value is -2.66. The minimum Gasteiger partial charge on any atom is -0.467 e. The fourth-order valence-electron chi connectivity index (χ4n) is 2.03. The third-order valence-electron chi connectivity index (χ3n) is 3.24. The molecule has 0 spiro atoms. The Morgan fingerprint density at radius 3 is 2.81 bits per heavy atom. The lowest BCUT2D eigenvalue weighted by Crippen LogP contribution is -2.22. The van der Waals surface area contributed by atoms with Crippen molar-refractivity contribution in [1.82, 2.24) is 25.7 Å². The third kappa shape index (κ3) is 5.17. The Labute approximate surface area is 156 Å². The van der Waals surface area contributed by atoms with Gasteiger partial charge < -0.3 is 9.73 Å². The first-order chi connectivity index (χ1) is 12.6. The first-order valence-electron chi connectivity index (χ1n) is 7.83. The van der Waals surface area contributed by atoms with E-state index in [4.69, 9.17) is 4.42 Å². The van der Waals surface area contributed by atoms with Crippen LogP contribution < -0.4 is 10.6 Å². The maximum absolute atomic E-state index is 12.1. The largest absolute Gasteiger partial charge is 0.467 e. The van der Waals surface area contributed by atoms with Crippen LogP contribution in [0.2, 0.25) is 0 Å². The molecule has 3 rings (SSSR count). The van der Waals surface area contributed by atoms with Gasteiger partial charge in [-0.15, -0.1) is 20.4 Å². The van der Waals surface area contributed by atoms with Gasteiger partial charge in [-0.25, -0.2) is 0 Å². The number of hydrogen-bond acceptors (Lipinski definition) is 9. The molecule has 11 heteroatoms. The SMILES string of the molecule is Cc1nnc(NC(=O)c2nnc(CCCC(=O)NCc3ccco3)s2)s1. The van der Waals surface area contributed by atoms with Crippen molar-refractivity contribution in [3.63, 3.8) is 0 Å². The number of carbonyl (C=O) groups excluding carboxylic acids is 2. The van der Waals surface area contributed by atoms with Gasteiger partial charge in [0.15, 0.2) is 0 Å². The number of amides is 2. The van der Waals surface area contributed by atoms with Gasteiger partial charge in [0.05, 0.1) is 12.8 Å². The summed E-state index contributed by atoms with van der Waals surface area (Å²) in [4.78, 5) is 23.9. The van der Waals surface area contributed by atoms with Crippen LogP contribution in [0.4, 0.5) is 5.13 Å². The van der Waals surface area contributed by atoms with E-state index in [1.54, 1.807) is 25.3 Å². The van der Waals surface area contributed by atoms with E-state index in [1.165, 1.54) is 22.7 Å². The molecule has 0 aromatic carbocycles. The molecule has 3 aromatic rings.